The Hall–Kier alpha value is -1.66. The highest BCUT2D eigenvalue weighted by molar-refractivity contribution is 5.79. The molecule has 0 aromatic heterocycles. The van der Waals surface area contributed by atoms with E-state index in [0.717, 1.165) is 64.8 Å². The number of benzene rings is 1. The Morgan fingerprint density at radius 2 is 1.96 bits per heavy atom. The van der Waals surface area contributed by atoms with Crippen LogP contribution in [0.15, 0.2) is 24.3 Å². The molecule has 1 aromatic carbocycles. The number of hydrogen-bond donors (Lipinski definition) is 1. The fourth-order valence-electron chi connectivity index (χ4n) is 4.47. The minimum atomic E-state index is -0.305. The Bertz CT molecular complexity index is 640. The lowest BCUT2D eigenvalue weighted by molar-refractivity contribution is -0.150. The van der Waals surface area contributed by atoms with E-state index < -0.39 is 0 Å². The molecule has 1 atom stereocenters. The van der Waals surface area contributed by atoms with Crippen LogP contribution in [0.3, 0.4) is 0 Å². The van der Waals surface area contributed by atoms with Crippen molar-refractivity contribution in [2.24, 2.45) is 5.41 Å². The molecule has 3 heterocycles. The third-order valence-electron chi connectivity index (χ3n) is 6.01. The Balaban J connectivity index is 1.25. The Morgan fingerprint density at radius 3 is 2.69 bits per heavy atom. The molecule has 26 heavy (non-hydrogen) atoms. The van der Waals surface area contributed by atoms with Gasteiger partial charge in [-0.05, 0) is 50.9 Å². The number of hydrogen-bond acceptors (Lipinski definition) is 5. The maximum absolute atomic E-state index is 13.7. The zero-order chi connectivity index (χ0) is 18.0. The van der Waals surface area contributed by atoms with Crippen LogP contribution in [0.1, 0.15) is 32.1 Å². The first-order valence-corrected chi connectivity index (χ1v) is 9.70. The molecule has 6 heteroatoms. The molecule has 3 aliphatic rings. The van der Waals surface area contributed by atoms with Gasteiger partial charge in [-0.25, -0.2) is 4.39 Å². The highest BCUT2D eigenvalue weighted by Crippen LogP contribution is 2.41. The van der Waals surface area contributed by atoms with E-state index in [1.54, 1.807) is 18.2 Å². The number of ether oxygens (including phenoxy) is 2. The van der Waals surface area contributed by atoms with Crippen LogP contribution in [0.2, 0.25) is 0 Å². The van der Waals surface area contributed by atoms with Crippen LogP contribution in [-0.4, -0.2) is 55.8 Å². The van der Waals surface area contributed by atoms with E-state index in [4.69, 9.17) is 9.47 Å². The molecule has 1 unspecified atom stereocenters. The van der Waals surface area contributed by atoms with Crippen molar-refractivity contribution >= 4 is 5.97 Å². The summed E-state index contributed by atoms with van der Waals surface area (Å²) in [6, 6.07) is 6.56. The Morgan fingerprint density at radius 1 is 1.23 bits per heavy atom. The van der Waals surface area contributed by atoms with Crippen molar-refractivity contribution in [2.75, 3.05) is 32.7 Å². The summed E-state index contributed by atoms with van der Waals surface area (Å²) in [6.07, 6.45) is 4.41. The number of para-hydroxylation sites is 1. The van der Waals surface area contributed by atoms with E-state index in [0.29, 0.717) is 5.75 Å². The second-order valence-electron chi connectivity index (χ2n) is 7.81. The maximum atomic E-state index is 13.7. The summed E-state index contributed by atoms with van der Waals surface area (Å²) in [4.78, 5) is 14.7. The fraction of sp³-hybridized carbons (Fsp3) is 0.650. The Labute approximate surface area is 153 Å². The number of nitrogens with one attached hydrogen (secondary N) is 1. The van der Waals surface area contributed by atoms with Gasteiger partial charge in [0.25, 0.3) is 0 Å². The number of rotatable bonds is 4. The maximum Gasteiger partial charge on any atom is 0.312 e. The van der Waals surface area contributed by atoms with Gasteiger partial charge in [0, 0.05) is 26.1 Å². The van der Waals surface area contributed by atoms with Crippen LogP contribution in [0.5, 0.6) is 5.75 Å². The topological polar surface area (TPSA) is 50.8 Å². The zero-order valence-corrected chi connectivity index (χ0v) is 15.1. The molecule has 0 amide bonds. The number of piperidine rings is 2. The number of esters is 1. The average Bonchev–Trinajstić information content (AvgIpc) is 2.94. The highest BCUT2D eigenvalue weighted by atomic mass is 19.1. The van der Waals surface area contributed by atoms with E-state index in [1.807, 2.05) is 0 Å². The van der Waals surface area contributed by atoms with Crippen LogP contribution in [0.25, 0.3) is 0 Å². The van der Waals surface area contributed by atoms with Crippen LogP contribution in [0, 0.1) is 11.2 Å². The lowest BCUT2D eigenvalue weighted by Crippen LogP contribution is -2.42. The first-order chi connectivity index (χ1) is 12.6. The van der Waals surface area contributed by atoms with E-state index in [2.05, 4.69) is 10.2 Å². The summed E-state index contributed by atoms with van der Waals surface area (Å²) in [5, 5.41) is 3.32. The van der Waals surface area contributed by atoms with Crippen molar-refractivity contribution in [1.29, 1.82) is 0 Å². The molecule has 1 spiro atoms. The van der Waals surface area contributed by atoms with Crippen molar-refractivity contribution in [3.8, 4) is 5.75 Å². The van der Waals surface area contributed by atoms with Crippen molar-refractivity contribution < 1.29 is 18.7 Å². The molecule has 3 saturated heterocycles. The first kappa shape index (κ1) is 17.7. The monoisotopic (exact) mass is 362 g/mol. The zero-order valence-electron chi connectivity index (χ0n) is 15.1. The molecule has 1 aromatic rings. The number of halogens is 1. The summed E-state index contributed by atoms with van der Waals surface area (Å²) in [5.41, 5.74) is -0.248. The molecule has 5 nitrogen and oxygen atoms in total. The standard InChI is InChI=1S/C20H27FN2O3/c21-17-3-1-2-4-18(17)25-15-5-11-23(12-6-15)14-16-13-20(19(24)26-16)7-9-22-10-8-20/h1-4,15-16,22H,5-14H2. The Kier molecular flexibility index (Phi) is 5.14. The van der Waals surface area contributed by atoms with Gasteiger partial charge in [-0.15, -0.1) is 0 Å². The van der Waals surface area contributed by atoms with Gasteiger partial charge in [-0.3, -0.25) is 9.69 Å². The molecule has 1 N–H and O–H groups in total. The third-order valence-corrected chi connectivity index (χ3v) is 6.01. The lowest BCUT2D eigenvalue weighted by atomic mass is 9.76. The van der Waals surface area contributed by atoms with Crippen LogP contribution in [-0.2, 0) is 9.53 Å². The van der Waals surface area contributed by atoms with Crippen molar-refractivity contribution in [1.82, 2.24) is 10.2 Å². The molecular weight excluding hydrogens is 335 g/mol. The van der Waals surface area contributed by atoms with Gasteiger partial charge in [0.1, 0.15) is 12.2 Å². The van der Waals surface area contributed by atoms with E-state index in [-0.39, 0.29) is 29.4 Å². The molecule has 142 valence electrons. The molecule has 3 aliphatic heterocycles. The fourth-order valence-corrected chi connectivity index (χ4v) is 4.47. The number of likely N-dealkylation sites (tertiary alicyclic amines) is 1. The molecule has 3 fully saturated rings. The van der Waals surface area contributed by atoms with Crippen LogP contribution < -0.4 is 10.1 Å². The first-order valence-electron chi connectivity index (χ1n) is 9.70. The van der Waals surface area contributed by atoms with Gasteiger partial charge < -0.3 is 14.8 Å². The number of cyclic esters (lactones) is 1. The normalized spacial score (nSPS) is 26.8. The minimum Gasteiger partial charge on any atom is -0.487 e. The lowest BCUT2D eigenvalue weighted by Gasteiger charge is -2.33. The summed E-state index contributed by atoms with van der Waals surface area (Å²) in [5.74, 6) is 0.0327. The second-order valence-corrected chi connectivity index (χ2v) is 7.81. The largest absolute Gasteiger partial charge is 0.487 e. The minimum absolute atomic E-state index is 0.00164. The van der Waals surface area contributed by atoms with E-state index >= 15 is 0 Å². The van der Waals surface area contributed by atoms with Gasteiger partial charge >= 0.3 is 5.97 Å². The smallest absolute Gasteiger partial charge is 0.312 e. The summed E-state index contributed by atoms with van der Waals surface area (Å²) < 4.78 is 25.2. The highest BCUT2D eigenvalue weighted by Gasteiger charge is 2.49. The van der Waals surface area contributed by atoms with Crippen molar-refractivity contribution in [3.05, 3.63) is 30.1 Å². The van der Waals surface area contributed by atoms with Gasteiger partial charge in [-0.2, -0.15) is 0 Å². The molecular formula is C20H27FN2O3. The summed E-state index contributed by atoms with van der Waals surface area (Å²) >= 11 is 0. The van der Waals surface area contributed by atoms with Gasteiger partial charge in [-0.1, -0.05) is 12.1 Å². The van der Waals surface area contributed by atoms with E-state index in [1.165, 1.54) is 6.07 Å². The predicted molar refractivity (Wildman–Crippen MR) is 95.5 cm³/mol. The molecule has 4 rings (SSSR count). The number of nitrogens with zero attached hydrogens (tertiary/aromatic N) is 1. The predicted octanol–water partition coefficient (Wildman–Crippen LogP) is 2.35. The summed E-state index contributed by atoms with van der Waals surface area (Å²) in [6.45, 7) is 4.39. The molecule has 0 radical (unpaired) electrons. The SMILES string of the molecule is O=C1OC(CN2CCC(Oc3ccccc3F)CC2)CC12CCNCC2. The molecule has 0 bridgehead atoms. The van der Waals surface area contributed by atoms with Crippen molar-refractivity contribution in [3.63, 3.8) is 0 Å². The van der Waals surface area contributed by atoms with Gasteiger partial charge in [0.2, 0.25) is 0 Å². The average molecular weight is 362 g/mol. The second kappa shape index (κ2) is 7.53. The summed E-state index contributed by atoms with van der Waals surface area (Å²) in [7, 11) is 0. The van der Waals surface area contributed by atoms with E-state index in [9.17, 15) is 9.18 Å². The van der Waals surface area contributed by atoms with Crippen LogP contribution >= 0.6 is 0 Å². The molecule has 0 saturated carbocycles. The van der Waals surface area contributed by atoms with Gasteiger partial charge in [0.05, 0.1) is 5.41 Å². The quantitative estimate of drug-likeness (QED) is 0.834. The van der Waals surface area contributed by atoms with Crippen molar-refractivity contribution in [2.45, 2.75) is 44.3 Å². The number of carbonyl (C=O) groups excluding carboxylic acids is 1. The van der Waals surface area contributed by atoms with Crippen LogP contribution in [0.4, 0.5) is 4.39 Å². The molecule has 0 aliphatic carbocycles. The number of carbonyl (C=O) groups is 1. The third kappa shape index (κ3) is 3.71. The van der Waals surface area contributed by atoms with Gasteiger partial charge in [0.15, 0.2) is 11.6 Å².